The molecule has 0 spiro atoms. The summed E-state index contributed by atoms with van der Waals surface area (Å²) in [5.74, 6) is -0.858. The Morgan fingerprint density at radius 2 is 1.90 bits per heavy atom. The number of nitrogens with zero attached hydrogens (tertiary/aromatic N) is 1. The summed E-state index contributed by atoms with van der Waals surface area (Å²) in [6.07, 6.45) is 0. The monoisotopic (exact) mass is 272 g/mol. The third-order valence-electron chi connectivity index (χ3n) is 3.06. The van der Waals surface area contributed by atoms with Crippen LogP contribution in [0.1, 0.15) is 15.9 Å². The van der Waals surface area contributed by atoms with Crippen LogP contribution in [0.15, 0.2) is 42.5 Å². The van der Waals surface area contributed by atoms with Gasteiger partial charge in [-0.2, -0.15) is 0 Å². The molecule has 0 unspecified atom stereocenters. The van der Waals surface area contributed by atoms with E-state index in [4.69, 9.17) is 5.73 Å². The van der Waals surface area contributed by atoms with Crippen LogP contribution in [0.2, 0.25) is 0 Å². The molecule has 2 rings (SSSR count). The van der Waals surface area contributed by atoms with Crippen LogP contribution in [0.3, 0.4) is 0 Å². The predicted molar refractivity (Wildman–Crippen MR) is 76.8 cm³/mol. The van der Waals surface area contributed by atoms with Gasteiger partial charge in [0.25, 0.3) is 5.91 Å². The topological polar surface area (TPSA) is 86.8 Å². The molecule has 0 aliphatic rings. The lowest BCUT2D eigenvalue weighted by Gasteiger charge is -2.18. The number of nitrogens with two attached hydrogens (primary N) is 1. The van der Waals surface area contributed by atoms with E-state index in [0.29, 0.717) is 17.8 Å². The molecule has 1 amide bonds. The van der Waals surface area contributed by atoms with Crippen LogP contribution in [0.5, 0.6) is 11.5 Å². The normalized spacial score (nSPS) is 10.3. The van der Waals surface area contributed by atoms with Crippen molar-refractivity contribution in [3.05, 3.63) is 53.6 Å². The van der Waals surface area contributed by atoms with E-state index < -0.39 is 0 Å². The minimum atomic E-state index is -0.319. The van der Waals surface area contributed by atoms with Crippen LogP contribution in [0.25, 0.3) is 0 Å². The Bertz CT molecular complexity index is 641. The van der Waals surface area contributed by atoms with E-state index in [0.717, 1.165) is 5.56 Å². The minimum absolute atomic E-state index is 0.255. The third-order valence-corrected chi connectivity index (χ3v) is 3.06. The first kappa shape index (κ1) is 13.9. The van der Waals surface area contributed by atoms with E-state index in [2.05, 4.69) is 0 Å². The Morgan fingerprint density at radius 3 is 2.55 bits per heavy atom. The molecule has 0 aromatic heterocycles. The number of carbonyl (C=O) groups is 1. The lowest BCUT2D eigenvalue weighted by molar-refractivity contribution is 0.0992. The molecule has 104 valence electrons. The first-order valence-electron chi connectivity index (χ1n) is 6.12. The number of hydrogen-bond donors (Lipinski definition) is 3. The van der Waals surface area contributed by atoms with Crippen LogP contribution >= 0.6 is 0 Å². The van der Waals surface area contributed by atoms with E-state index in [-0.39, 0.29) is 17.4 Å². The summed E-state index contributed by atoms with van der Waals surface area (Å²) in [5.41, 5.74) is 7.51. The smallest absolute Gasteiger partial charge is 0.258 e. The quantitative estimate of drug-likeness (QED) is 0.744. The van der Waals surface area contributed by atoms with Gasteiger partial charge in [0.1, 0.15) is 0 Å². The minimum Gasteiger partial charge on any atom is -0.504 e. The number of aromatic hydroxyl groups is 2. The molecule has 5 heteroatoms. The molecule has 20 heavy (non-hydrogen) atoms. The number of phenolic OH excluding ortho intramolecular Hbond substituents is 2. The van der Waals surface area contributed by atoms with Crippen LogP contribution in [-0.2, 0) is 6.54 Å². The standard InChI is InChI=1S/C15H16N2O3/c1-17(12-4-2-3-10(7-12)9-16)15(20)11-5-6-13(18)14(19)8-11/h2-8,18-19H,9,16H2,1H3. The Hall–Kier alpha value is -2.53. The molecule has 0 aliphatic carbocycles. The fourth-order valence-electron chi connectivity index (χ4n) is 1.86. The maximum atomic E-state index is 12.3. The van der Waals surface area contributed by atoms with Gasteiger partial charge in [-0.1, -0.05) is 12.1 Å². The number of hydrogen-bond acceptors (Lipinski definition) is 4. The molecule has 0 saturated carbocycles. The molecule has 0 fully saturated rings. The first-order chi connectivity index (χ1) is 9.52. The second-order valence-corrected chi connectivity index (χ2v) is 4.44. The molecular formula is C15H16N2O3. The second kappa shape index (κ2) is 5.63. The van der Waals surface area contributed by atoms with E-state index in [1.165, 1.54) is 23.1 Å². The van der Waals surface area contributed by atoms with Crippen LogP contribution in [0.4, 0.5) is 5.69 Å². The van der Waals surface area contributed by atoms with Gasteiger partial charge in [-0.25, -0.2) is 0 Å². The van der Waals surface area contributed by atoms with Crippen molar-refractivity contribution in [1.29, 1.82) is 0 Å². The summed E-state index contributed by atoms with van der Waals surface area (Å²) in [6, 6.07) is 11.3. The molecule has 4 N–H and O–H groups in total. The Labute approximate surface area is 116 Å². The highest BCUT2D eigenvalue weighted by Gasteiger charge is 2.15. The molecule has 0 saturated heterocycles. The molecule has 2 aromatic rings. The molecule has 5 nitrogen and oxygen atoms in total. The third kappa shape index (κ3) is 2.73. The highest BCUT2D eigenvalue weighted by atomic mass is 16.3. The van der Waals surface area contributed by atoms with Crippen molar-refractivity contribution in [2.24, 2.45) is 5.73 Å². The molecule has 0 radical (unpaired) electrons. The van der Waals surface area contributed by atoms with Gasteiger partial charge in [-0.15, -0.1) is 0 Å². The molecule has 0 atom stereocenters. The van der Waals surface area contributed by atoms with Gasteiger partial charge < -0.3 is 20.8 Å². The van der Waals surface area contributed by atoms with Crippen molar-refractivity contribution in [3.8, 4) is 11.5 Å². The largest absolute Gasteiger partial charge is 0.504 e. The zero-order valence-electron chi connectivity index (χ0n) is 11.1. The Balaban J connectivity index is 2.29. The molecule has 2 aromatic carbocycles. The summed E-state index contributed by atoms with van der Waals surface area (Å²) in [6.45, 7) is 0.399. The fourth-order valence-corrected chi connectivity index (χ4v) is 1.86. The van der Waals surface area contributed by atoms with Gasteiger partial charge in [0.15, 0.2) is 11.5 Å². The molecule has 0 aliphatic heterocycles. The number of amides is 1. The first-order valence-corrected chi connectivity index (χ1v) is 6.12. The van der Waals surface area contributed by atoms with Crippen molar-refractivity contribution >= 4 is 11.6 Å². The van der Waals surface area contributed by atoms with Gasteiger partial charge in [0.05, 0.1) is 0 Å². The maximum Gasteiger partial charge on any atom is 0.258 e. The van der Waals surface area contributed by atoms with Crippen LogP contribution in [0, 0.1) is 0 Å². The number of phenols is 2. The fraction of sp³-hybridized carbons (Fsp3) is 0.133. The van der Waals surface area contributed by atoms with Crippen molar-refractivity contribution in [3.63, 3.8) is 0 Å². The molecule has 0 heterocycles. The Kier molecular flexibility index (Phi) is 3.91. The van der Waals surface area contributed by atoms with Crippen LogP contribution < -0.4 is 10.6 Å². The highest BCUT2D eigenvalue weighted by Crippen LogP contribution is 2.26. The summed E-state index contributed by atoms with van der Waals surface area (Å²) >= 11 is 0. The molecule has 0 bridgehead atoms. The van der Waals surface area contributed by atoms with Crippen molar-refractivity contribution in [1.82, 2.24) is 0 Å². The average molecular weight is 272 g/mol. The predicted octanol–water partition coefficient (Wildman–Crippen LogP) is 1.83. The lowest BCUT2D eigenvalue weighted by atomic mass is 10.1. The summed E-state index contributed by atoms with van der Waals surface area (Å²) in [5, 5.41) is 18.7. The van der Waals surface area contributed by atoms with E-state index in [1.54, 1.807) is 13.1 Å². The average Bonchev–Trinajstić information content (AvgIpc) is 2.48. The second-order valence-electron chi connectivity index (χ2n) is 4.44. The van der Waals surface area contributed by atoms with Crippen LogP contribution in [-0.4, -0.2) is 23.2 Å². The van der Waals surface area contributed by atoms with Gasteiger partial charge in [-0.3, -0.25) is 4.79 Å². The number of anilines is 1. The SMILES string of the molecule is CN(C(=O)c1ccc(O)c(O)c1)c1cccc(CN)c1. The van der Waals surface area contributed by atoms with Gasteiger partial charge in [0, 0.05) is 24.8 Å². The number of rotatable bonds is 3. The van der Waals surface area contributed by atoms with Gasteiger partial charge in [-0.05, 0) is 35.9 Å². The highest BCUT2D eigenvalue weighted by molar-refractivity contribution is 6.06. The van der Waals surface area contributed by atoms with E-state index in [9.17, 15) is 15.0 Å². The maximum absolute atomic E-state index is 12.3. The Morgan fingerprint density at radius 1 is 1.15 bits per heavy atom. The molecular weight excluding hydrogens is 256 g/mol. The summed E-state index contributed by atoms with van der Waals surface area (Å²) in [4.78, 5) is 13.8. The van der Waals surface area contributed by atoms with Gasteiger partial charge >= 0.3 is 0 Å². The summed E-state index contributed by atoms with van der Waals surface area (Å²) < 4.78 is 0. The van der Waals surface area contributed by atoms with Crippen molar-refractivity contribution in [2.45, 2.75) is 6.54 Å². The lowest BCUT2D eigenvalue weighted by Crippen LogP contribution is -2.26. The zero-order chi connectivity index (χ0) is 14.7. The number of carbonyl (C=O) groups excluding carboxylic acids is 1. The van der Waals surface area contributed by atoms with Gasteiger partial charge in [0.2, 0.25) is 0 Å². The zero-order valence-corrected chi connectivity index (χ0v) is 11.1. The van der Waals surface area contributed by atoms with E-state index in [1.807, 2.05) is 18.2 Å². The van der Waals surface area contributed by atoms with Crippen molar-refractivity contribution in [2.75, 3.05) is 11.9 Å². The van der Waals surface area contributed by atoms with Crippen molar-refractivity contribution < 1.29 is 15.0 Å². The number of benzene rings is 2. The van der Waals surface area contributed by atoms with E-state index >= 15 is 0 Å². The summed E-state index contributed by atoms with van der Waals surface area (Å²) in [7, 11) is 1.64.